The number of hydrogen-bond acceptors (Lipinski definition) is 1. The Hall–Kier alpha value is -0.441. The molecule has 0 aliphatic rings. The van der Waals surface area contributed by atoms with E-state index in [2.05, 4.69) is 45.2 Å². The van der Waals surface area contributed by atoms with Crippen LogP contribution in [0.4, 0.5) is 0 Å². The molecule has 0 bridgehead atoms. The third-order valence-corrected chi connectivity index (χ3v) is 7.27. The van der Waals surface area contributed by atoms with E-state index in [1.165, 1.54) is 9.34 Å². The quantitative estimate of drug-likeness (QED) is 0.612. The molecule has 0 saturated heterocycles. The van der Waals surface area contributed by atoms with Gasteiger partial charge in [-0.25, -0.2) is 0 Å². The zero-order chi connectivity index (χ0) is 10.6. The van der Waals surface area contributed by atoms with Gasteiger partial charge in [-0.3, -0.25) is 0 Å². The first-order valence-electron chi connectivity index (χ1n) is 4.85. The molecule has 0 aliphatic carbocycles. The second-order valence-corrected chi connectivity index (χ2v) is 18.6. The molecule has 0 spiro atoms. The molecular formula is C12H18OSn. The second kappa shape index (κ2) is 4.87. The fourth-order valence-electron chi connectivity index (χ4n) is 1.28. The van der Waals surface area contributed by atoms with Gasteiger partial charge < -0.3 is 0 Å². The molecule has 76 valence electrons. The Morgan fingerprint density at radius 3 is 2.14 bits per heavy atom. The van der Waals surface area contributed by atoms with Crippen LogP contribution in [0.2, 0.25) is 14.8 Å². The molecule has 0 atom stereocenters. The molecule has 0 fully saturated rings. The van der Waals surface area contributed by atoms with Gasteiger partial charge in [-0.1, -0.05) is 0 Å². The van der Waals surface area contributed by atoms with Crippen LogP contribution in [0.5, 0.6) is 0 Å². The molecule has 0 heterocycles. The molecule has 0 amide bonds. The van der Waals surface area contributed by atoms with Crippen LogP contribution in [0.25, 0.3) is 6.08 Å². The molecule has 0 aliphatic heterocycles. The molecule has 1 aromatic rings. The average Bonchev–Trinajstić information content (AvgIpc) is 2.14. The first-order chi connectivity index (χ1) is 6.54. The minimum absolute atomic E-state index is 1.21. The molecule has 0 radical (unpaired) electrons. The summed E-state index contributed by atoms with van der Waals surface area (Å²) in [6.07, 6.45) is 2.18. The number of benzene rings is 1. The van der Waals surface area contributed by atoms with E-state index < -0.39 is 18.4 Å². The van der Waals surface area contributed by atoms with E-state index in [0.29, 0.717) is 0 Å². The summed E-state index contributed by atoms with van der Waals surface area (Å²) in [4.78, 5) is 7.06. The average molecular weight is 297 g/mol. The molecule has 0 unspecified atom stereocenters. The number of methoxy groups -OCH3 is 1. The van der Waals surface area contributed by atoms with E-state index in [4.69, 9.17) is 4.74 Å². The summed E-state index contributed by atoms with van der Waals surface area (Å²) in [5.74, 6) is 0. The predicted molar refractivity (Wildman–Crippen MR) is 64.8 cm³/mol. The molecule has 0 N–H and O–H groups in total. The SMILES string of the molecule is CO/[C](=C\c1ccccc1)[Sn]([CH3])([CH3])[CH3]. The van der Waals surface area contributed by atoms with Gasteiger partial charge in [-0.15, -0.1) is 0 Å². The maximum absolute atomic E-state index is 5.47. The Kier molecular flexibility index (Phi) is 4.05. The summed E-state index contributed by atoms with van der Waals surface area (Å²) in [5.41, 5.74) is 1.23. The van der Waals surface area contributed by atoms with E-state index in [1.54, 1.807) is 7.11 Å². The van der Waals surface area contributed by atoms with E-state index in [9.17, 15) is 0 Å². The van der Waals surface area contributed by atoms with Crippen molar-refractivity contribution >= 4 is 24.5 Å². The molecule has 0 aromatic heterocycles. The normalized spacial score (nSPS) is 12.7. The van der Waals surface area contributed by atoms with Gasteiger partial charge in [0.15, 0.2) is 0 Å². The summed E-state index contributed by atoms with van der Waals surface area (Å²) in [5, 5.41) is 0. The third kappa shape index (κ3) is 3.37. The third-order valence-electron chi connectivity index (χ3n) is 2.06. The van der Waals surface area contributed by atoms with Crippen molar-refractivity contribution in [3.05, 3.63) is 39.7 Å². The van der Waals surface area contributed by atoms with Crippen molar-refractivity contribution in [3.8, 4) is 0 Å². The van der Waals surface area contributed by atoms with Gasteiger partial charge in [0.05, 0.1) is 0 Å². The monoisotopic (exact) mass is 298 g/mol. The molecular weight excluding hydrogens is 279 g/mol. The van der Waals surface area contributed by atoms with Gasteiger partial charge in [0, 0.05) is 0 Å². The summed E-state index contributed by atoms with van der Waals surface area (Å²) in [7, 11) is 1.77. The molecule has 1 nitrogen and oxygen atoms in total. The van der Waals surface area contributed by atoms with Gasteiger partial charge in [-0.2, -0.15) is 0 Å². The van der Waals surface area contributed by atoms with Crippen molar-refractivity contribution in [1.82, 2.24) is 0 Å². The zero-order valence-corrected chi connectivity index (χ0v) is 12.2. The summed E-state index contributed by atoms with van der Waals surface area (Å²) in [6.45, 7) is 0. The number of ether oxygens (including phenoxy) is 1. The zero-order valence-electron chi connectivity index (χ0n) is 9.37. The van der Waals surface area contributed by atoms with Crippen LogP contribution in [0.1, 0.15) is 5.56 Å². The Morgan fingerprint density at radius 1 is 1.14 bits per heavy atom. The van der Waals surface area contributed by atoms with Crippen LogP contribution in [0.15, 0.2) is 34.1 Å². The first-order valence-corrected chi connectivity index (χ1v) is 14.8. The standard InChI is InChI=1S/C9H9O.3CH3.Sn/c1-10-8-7-9-5-3-2-4-6-9;;;;/h2-7H,1H3;3*1H3;. The van der Waals surface area contributed by atoms with E-state index in [1.807, 2.05) is 6.07 Å². The molecule has 1 rings (SSSR count). The Labute approximate surface area is 90.7 Å². The van der Waals surface area contributed by atoms with E-state index in [-0.39, 0.29) is 0 Å². The minimum atomic E-state index is -2.04. The summed E-state index contributed by atoms with van der Waals surface area (Å²) < 4.78 is 6.69. The molecule has 14 heavy (non-hydrogen) atoms. The number of rotatable bonds is 3. The van der Waals surface area contributed by atoms with Gasteiger partial charge in [0.2, 0.25) is 0 Å². The van der Waals surface area contributed by atoms with Crippen LogP contribution in [-0.2, 0) is 4.74 Å². The van der Waals surface area contributed by atoms with Gasteiger partial charge in [0.25, 0.3) is 0 Å². The van der Waals surface area contributed by atoms with Gasteiger partial charge >= 0.3 is 90.8 Å². The van der Waals surface area contributed by atoms with Crippen LogP contribution < -0.4 is 0 Å². The van der Waals surface area contributed by atoms with Crippen molar-refractivity contribution in [2.24, 2.45) is 0 Å². The van der Waals surface area contributed by atoms with Crippen molar-refractivity contribution < 1.29 is 4.74 Å². The van der Waals surface area contributed by atoms with Crippen LogP contribution in [0.3, 0.4) is 0 Å². The Bertz CT molecular complexity index is 309. The Balaban J connectivity index is 2.96. The first kappa shape index (κ1) is 11.6. The van der Waals surface area contributed by atoms with Crippen molar-refractivity contribution in [3.63, 3.8) is 0 Å². The van der Waals surface area contributed by atoms with E-state index >= 15 is 0 Å². The molecule has 2 heteroatoms. The molecule has 1 aromatic carbocycles. The topological polar surface area (TPSA) is 9.23 Å². The second-order valence-electron chi connectivity index (χ2n) is 4.37. The van der Waals surface area contributed by atoms with Crippen molar-refractivity contribution in [1.29, 1.82) is 0 Å². The summed E-state index contributed by atoms with van der Waals surface area (Å²) in [6, 6.07) is 10.4. The fourth-order valence-corrected chi connectivity index (χ4v) is 4.74. The maximum atomic E-state index is 5.47. The van der Waals surface area contributed by atoms with Gasteiger partial charge in [0.1, 0.15) is 0 Å². The van der Waals surface area contributed by atoms with Gasteiger partial charge in [-0.05, 0) is 0 Å². The fraction of sp³-hybridized carbons (Fsp3) is 0.333. The van der Waals surface area contributed by atoms with E-state index in [0.717, 1.165) is 0 Å². The van der Waals surface area contributed by atoms with Crippen LogP contribution in [-0.4, -0.2) is 25.5 Å². The summed E-state index contributed by atoms with van der Waals surface area (Å²) >= 11 is -2.04. The molecule has 0 saturated carbocycles. The number of hydrogen-bond donors (Lipinski definition) is 0. The van der Waals surface area contributed by atoms with Crippen molar-refractivity contribution in [2.45, 2.75) is 14.8 Å². The van der Waals surface area contributed by atoms with Crippen LogP contribution in [0, 0.1) is 0 Å². The Morgan fingerprint density at radius 2 is 1.71 bits per heavy atom. The predicted octanol–water partition coefficient (Wildman–Crippen LogP) is 3.55. The van der Waals surface area contributed by atoms with Crippen molar-refractivity contribution in [2.75, 3.05) is 7.11 Å². The van der Waals surface area contributed by atoms with Crippen LogP contribution >= 0.6 is 0 Å².